The van der Waals surface area contributed by atoms with Crippen LogP contribution in [0.4, 0.5) is 0 Å². The van der Waals surface area contributed by atoms with E-state index in [4.69, 9.17) is 0 Å². The normalized spacial score (nSPS) is 33.9. The molecule has 0 radical (unpaired) electrons. The van der Waals surface area contributed by atoms with Crippen molar-refractivity contribution in [3.63, 3.8) is 0 Å². The van der Waals surface area contributed by atoms with Crippen molar-refractivity contribution >= 4 is 5.91 Å². The summed E-state index contributed by atoms with van der Waals surface area (Å²) in [5.41, 5.74) is 0. The molecule has 0 spiro atoms. The average Bonchev–Trinajstić information content (AvgIpc) is 2.42. The summed E-state index contributed by atoms with van der Waals surface area (Å²) in [6.07, 6.45) is 2.97. The summed E-state index contributed by atoms with van der Waals surface area (Å²) < 4.78 is 0. The van der Waals surface area contributed by atoms with E-state index in [1.165, 1.54) is 6.08 Å². The Hall–Kier alpha value is -0.870. The SMILES string of the molecule is CNC(=O)/C=C/C1C[C@@H](O)[C@@H](O)C1. The molecule has 0 aromatic heterocycles. The van der Waals surface area contributed by atoms with Crippen LogP contribution in [0.25, 0.3) is 0 Å². The Labute approximate surface area is 77.3 Å². The monoisotopic (exact) mass is 185 g/mol. The van der Waals surface area contributed by atoms with Crippen molar-refractivity contribution in [2.75, 3.05) is 7.05 Å². The summed E-state index contributed by atoms with van der Waals surface area (Å²) in [6.45, 7) is 0. The number of carbonyl (C=O) groups excluding carboxylic acids is 1. The fourth-order valence-corrected chi connectivity index (χ4v) is 1.49. The van der Waals surface area contributed by atoms with E-state index in [1.54, 1.807) is 13.1 Å². The minimum atomic E-state index is -0.640. The van der Waals surface area contributed by atoms with E-state index >= 15 is 0 Å². The zero-order valence-corrected chi connectivity index (χ0v) is 7.60. The van der Waals surface area contributed by atoms with Crippen molar-refractivity contribution in [2.45, 2.75) is 25.0 Å². The number of hydrogen-bond acceptors (Lipinski definition) is 3. The Bertz CT molecular complexity index is 205. The maximum Gasteiger partial charge on any atom is 0.243 e. The maximum absolute atomic E-state index is 10.8. The van der Waals surface area contributed by atoms with Gasteiger partial charge in [-0.2, -0.15) is 0 Å². The summed E-state index contributed by atoms with van der Waals surface area (Å²) in [5.74, 6) is -0.0434. The minimum absolute atomic E-state index is 0.113. The first-order chi connectivity index (χ1) is 6.13. The van der Waals surface area contributed by atoms with Crippen LogP contribution in [0.15, 0.2) is 12.2 Å². The predicted octanol–water partition coefficient (Wildman–Crippen LogP) is -0.580. The average molecular weight is 185 g/mol. The van der Waals surface area contributed by atoms with E-state index in [0.717, 1.165) is 0 Å². The lowest BCUT2D eigenvalue weighted by atomic mass is 10.1. The first-order valence-electron chi connectivity index (χ1n) is 4.39. The van der Waals surface area contributed by atoms with Gasteiger partial charge < -0.3 is 15.5 Å². The molecule has 0 aromatic rings. The highest BCUT2D eigenvalue weighted by Gasteiger charge is 2.29. The first-order valence-corrected chi connectivity index (χ1v) is 4.39. The standard InChI is InChI=1S/C9H15NO3/c1-10-9(13)3-2-6-4-7(11)8(12)5-6/h2-3,6-8,11-12H,4-5H2,1H3,(H,10,13)/b3-2+/t6?,7-,8+. The molecule has 74 valence electrons. The first kappa shape index (κ1) is 10.2. The van der Waals surface area contributed by atoms with Gasteiger partial charge >= 0.3 is 0 Å². The quantitative estimate of drug-likeness (QED) is 0.504. The summed E-state index contributed by atoms with van der Waals surface area (Å²) in [6, 6.07) is 0. The summed E-state index contributed by atoms with van der Waals surface area (Å²) >= 11 is 0. The van der Waals surface area contributed by atoms with Crippen molar-refractivity contribution in [3.05, 3.63) is 12.2 Å². The van der Waals surface area contributed by atoms with Gasteiger partial charge in [0.1, 0.15) is 0 Å². The van der Waals surface area contributed by atoms with E-state index in [1.807, 2.05) is 0 Å². The van der Waals surface area contributed by atoms with Gasteiger partial charge in [-0.15, -0.1) is 0 Å². The van der Waals surface area contributed by atoms with Crippen molar-refractivity contribution in [3.8, 4) is 0 Å². The van der Waals surface area contributed by atoms with Gasteiger partial charge in [0.05, 0.1) is 12.2 Å². The van der Waals surface area contributed by atoms with Crippen molar-refractivity contribution in [1.82, 2.24) is 5.32 Å². The van der Waals surface area contributed by atoms with Crippen molar-refractivity contribution in [2.24, 2.45) is 5.92 Å². The van der Waals surface area contributed by atoms with Gasteiger partial charge in [0, 0.05) is 7.05 Å². The number of carbonyl (C=O) groups is 1. The number of rotatable bonds is 2. The third-order valence-corrected chi connectivity index (χ3v) is 2.30. The van der Waals surface area contributed by atoms with Gasteiger partial charge in [-0.3, -0.25) is 4.79 Å². The fraction of sp³-hybridized carbons (Fsp3) is 0.667. The lowest BCUT2D eigenvalue weighted by molar-refractivity contribution is -0.116. The molecule has 1 saturated carbocycles. The smallest absolute Gasteiger partial charge is 0.243 e. The second kappa shape index (κ2) is 4.39. The predicted molar refractivity (Wildman–Crippen MR) is 47.9 cm³/mol. The maximum atomic E-state index is 10.8. The van der Waals surface area contributed by atoms with Crippen LogP contribution in [-0.2, 0) is 4.79 Å². The summed E-state index contributed by atoms with van der Waals surface area (Å²) in [5, 5.41) is 20.9. The molecule has 3 N–H and O–H groups in total. The third kappa shape index (κ3) is 2.82. The molecule has 4 heteroatoms. The van der Waals surface area contributed by atoms with Crippen LogP contribution in [0.2, 0.25) is 0 Å². The van der Waals surface area contributed by atoms with E-state index in [2.05, 4.69) is 5.32 Å². The van der Waals surface area contributed by atoms with Gasteiger partial charge in [0.2, 0.25) is 5.91 Å². The van der Waals surface area contributed by atoms with Gasteiger partial charge in [0.15, 0.2) is 0 Å². The van der Waals surface area contributed by atoms with Crippen LogP contribution in [0.5, 0.6) is 0 Å². The second-order valence-corrected chi connectivity index (χ2v) is 3.34. The van der Waals surface area contributed by atoms with E-state index in [9.17, 15) is 15.0 Å². The highest BCUT2D eigenvalue weighted by molar-refractivity contribution is 5.87. The van der Waals surface area contributed by atoms with Crippen LogP contribution >= 0.6 is 0 Å². The largest absolute Gasteiger partial charge is 0.390 e. The van der Waals surface area contributed by atoms with Crippen LogP contribution in [0, 0.1) is 5.92 Å². The highest BCUT2D eigenvalue weighted by Crippen LogP contribution is 2.26. The Morgan fingerprint density at radius 1 is 1.38 bits per heavy atom. The number of aliphatic hydroxyl groups excluding tert-OH is 2. The molecule has 1 unspecified atom stereocenters. The molecule has 0 aromatic carbocycles. The van der Waals surface area contributed by atoms with Crippen molar-refractivity contribution in [1.29, 1.82) is 0 Å². The summed E-state index contributed by atoms with van der Waals surface area (Å²) in [4.78, 5) is 10.8. The van der Waals surface area contributed by atoms with Gasteiger partial charge in [-0.25, -0.2) is 0 Å². The lowest BCUT2D eigenvalue weighted by Crippen LogP contribution is -2.17. The Kier molecular flexibility index (Phi) is 3.45. The summed E-state index contributed by atoms with van der Waals surface area (Å²) in [7, 11) is 1.56. The molecule has 0 bridgehead atoms. The molecular formula is C9H15NO3. The Balaban J connectivity index is 2.39. The van der Waals surface area contributed by atoms with Gasteiger partial charge in [0.25, 0.3) is 0 Å². The van der Waals surface area contributed by atoms with Crippen LogP contribution in [-0.4, -0.2) is 35.4 Å². The number of nitrogens with one attached hydrogen (secondary N) is 1. The molecular weight excluding hydrogens is 170 g/mol. The number of hydrogen-bond donors (Lipinski definition) is 3. The molecule has 1 amide bonds. The van der Waals surface area contributed by atoms with Crippen LogP contribution in [0.3, 0.4) is 0 Å². The third-order valence-electron chi connectivity index (χ3n) is 2.30. The van der Waals surface area contributed by atoms with Gasteiger partial charge in [-0.1, -0.05) is 6.08 Å². The van der Waals surface area contributed by atoms with Crippen LogP contribution < -0.4 is 5.32 Å². The molecule has 4 nitrogen and oxygen atoms in total. The molecule has 0 heterocycles. The molecule has 0 aliphatic heterocycles. The molecule has 1 aliphatic carbocycles. The van der Waals surface area contributed by atoms with E-state index in [-0.39, 0.29) is 11.8 Å². The molecule has 3 atom stereocenters. The number of allylic oxidation sites excluding steroid dienone is 1. The molecule has 1 aliphatic rings. The lowest BCUT2D eigenvalue weighted by Gasteiger charge is -2.03. The topological polar surface area (TPSA) is 69.6 Å². The van der Waals surface area contributed by atoms with Gasteiger partial charge in [-0.05, 0) is 24.8 Å². The molecule has 1 rings (SSSR count). The van der Waals surface area contributed by atoms with E-state index in [0.29, 0.717) is 12.8 Å². The Morgan fingerprint density at radius 3 is 2.38 bits per heavy atom. The number of likely N-dealkylation sites (N-methyl/N-ethyl adjacent to an activating group) is 1. The molecule has 0 saturated heterocycles. The van der Waals surface area contributed by atoms with Crippen LogP contribution in [0.1, 0.15) is 12.8 Å². The molecule has 13 heavy (non-hydrogen) atoms. The Morgan fingerprint density at radius 2 is 1.92 bits per heavy atom. The highest BCUT2D eigenvalue weighted by atomic mass is 16.3. The minimum Gasteiger partial charge on any atom is -0.390 e. The fourth-order valence-electron chi connectivity index (χ4n) is 1.49. The molecule has 1 fully saturated rings. The zero-order chi connectivity index (χ0) is 9.84. The van der Waals surface area contributed by atoms with E-state index < -0.39 is 12.2 Å². The second-order valence-electron chi connectivity index (χ2n) is 3.34. The zero-order valence-electron chi connectivity index (χ0n) is 7.60. The number of aliphatic hydroxyl groups is 2. The van der Waals surface area contributed by atoms with Crippen molar-refractivity contribution < 1.29 is 15.0 Å². The number of amides is 1.